The number of aliphatic hydroxyl groups is 1. The number of fused-ring (bicyclic) bond motifs is 1. The first-order valence-electron chi connectivity index (χ1n) is 12.5. The highest BCUT2D eigenvalue weighted by Gasteiger charge is 2.53. The van der Waals surface area contributed by atoms with Crippen molar-refractivity contribution in [2.24, 2.45) is 29.1 Å². The number of amides is 2. The Bertz CT molecular complexity index is 1070. The Morgan fingerprint density at radius 1 is 1.23 bits per heavy atom. The molecule has 2 aliphatic rings. The van der Waals surface area contributed by atoms with Crippen molar-refractivity contribution in [3.05, 3.63) is 59.5 Å². The Kier molecular flexibility index (Phi) is 7.32. The number of hydrogen-bond acceptors (Lipinski definition) is 5. The van der Waals surface area contributed by atoms with Crippen LogP contribution in [0, 0.1) is 40.4 Å². The number of hydrogen-bond donors (Lipinski definition) is 3. The fourth-order valence-electron chi connectivity index (χ4n) is 6.39. The van der Waals surface area contributed by atoms with Gasteiger partial charge in [-0.3, -0.25) is 9.59 Å². The van der Waals surface area contributed by atoms with E-state index in [4.69, 9.17) is 9.68 Å². The van der Waals surface area contributed by atoms with Crippen molar-refractivity contribution in [3.8, 4) is 6.07 Å². The first-order chi connectivity index (χ1) is 16.7. The third kappa shape index (κ3) is 5.13. The average Bonchev–Trinajstić information content (AvgIpc) is 3.38. The number of rotatable bonds is 6. The zero-order valence-electron chi connectivity index (χ0n) is 20.7. The first kappa shape index (κ1) is 25.0. The summed E-state index contributed by atoms with van der Waals surface area (Å²) in [6.45, 7) is 6.58. The molecule has 1 unspecified atom stereocenters. The second kappa shape index (κ2) is 10.2. The van der Waals surface area contributed by atoms with Gasteiger partial charge in [-0.2, -0.15) is 5.26 Å². The summed E-state index contributed by atoms with van der Waals surface area (Å²) in [6.07, 6.45) is 4.49. The zero-order valence-corrected chi connectivity index (χ0v) is 20.7. The molecule has 1 aromatic heterocycles. The summed E-state index contributed by atoms with van der Waals surface area (Å²) in [7, 11) is 0. The average molecular weight is 478 g/mol. The largest absolute Gasteiger partial charge is 0.467 e. The van der Waals surface area contributed by atoms with Crippen molar-refractivity contribution in [1.29, 1.82) is 5.26 Å². The molecule has 4 rings (SSSR count). The fourth-order valence-corrected chi connectivity index (χ4v) is 6.39. The number of nitrogens with one attached hydrogen (secondary N) is 2. The SMILES string of the molecule is C[C@H]1[C@@H]2[C@@H](O)C([C@H](C)C(=O)NCc3ccco3)CC[C@@]2(C)CC[C@@H]1NC(=O)c1ccc(C#N)cc1. The number of aliphatic hydroxyl groups excluding tert-OH is 1. The highest BCUT2D eigenvalue weighted by molar-refractivity contribution is 5.94. The summed E-state index contributed by atoms with van der Waals surface area (Å²) >= 11 is 0. The Hall–Kier alpha value is -3.11. The number of nitrogens with zero attached hydrogens (tertiary/aromatic N) is 1. The lowest BCUT2D eigenvalue weighted by atomic mass is 9.51. The van der Waals surface area contributed by atoms with Gasteiger partial charge in [0.25, 0.3) is 5.91 Å². The number of carbonyl (C=O) groups excluding carboxylic acids is 2. The Balaban J connectivity index is 1.42. The topological polar surface area (TPSA) is 115 Å². The quantitative estimate of drug-likeness (QED) is 0.581. The summed E-state index contributed by atoms with van der Waals surface area (Å²) in [5.41, 5.74) is 1.02. The van der Waals surface area contributed by atoms with Crippen LogP contribution in [0.1, 0.15) is 68.1 Å². The molecule has 0 aliphatic heterocycles. The molecule has 35 heavy (non-hydrogen) atoms. The van der Waals surface area contributed by atoms with Gasteiger partial charge in [0, 0.05) is 17.5 Å². The minimum Gasteiger partial charge on any atom is -0.467 e. The van der Waals surface area contributed by atoms with Gasteiger partial charge >= 0.3 is 0 Å². The summed E-state index contributed by atoms with van der Waals surface area (Å²) in [4.78, 5) is 25.8. The number of benzene rings is 1. The van der Waals surface area contributed by atoms with E-state index in [9.17, 15) is 14.7 Å². The minimum atomic E-state index is -0.622. The molecule has 0 spiro atoms. The molecule has 0 saturated heterocycles. The molecule has 2 amide bonds. The van der Waals surface area contributed by atoms with E-state index >= 15 is 0 Å². The molecule has 0 radical (unpaired) electrons. The van der Waals surface area contributed by atoms with Crippen molar-refractivity contribution in [3.63, 3.8) is 0 Å². The van der Waals surface area contributed by atoms with Crippen LogP contribution < -0.4 is 10.6 Å². The first-order valence-corrected chi connectivity index (χ1v) is 12.5. The molecule has 7 atom stereocenters. The molecule has 7 heteroatoms. The van der Waals surface area contributed by atoms with Crippen LogP contribution in [0.15, 0.2) is 47.1 Å². The van der Waals surface area contributed by atoms with Crippen LogP contribution in [0.2, 0.25) is 0 Å². The molecule has 0 bridgehead atoms. The lowest BCUT2D eigenvalue weighted by Crippen LogP contribution is -2.58. The molecule has 186 valence electrons. The molecule has 2 aliphatic carbocycles. The maximum absolute atomic E-state index is 12.9. The normalized spacial score (nSPS) is 31.0. The predicted molar refractivity (Wildman–Crippen MR) is 131 cm³/mol. The predicted octanol–water partition coefficient (Wildman–Crippen LogP) is 4.03. The maximum Gasteiger partial charge on any atom is 0.251 e. The molecule has 2 aromatic rings. The van der Waals surface area contributed by atoms with E-state index in [1.165, 1.54) is 0 Å². The van der Waals surface area contributed by atoms with E-state index in [2.05, 4.69) is 30.6 Å². The third-order valence-corrected chi connectivity index (χ3v) is 8.55. The second-order valence-electron chi connectivity index (χ2n) is 10.6. The smallest absolute Gasteiger partial charge is 0.251 e. The van der Waals surface area contributed by atoms with Gasteiger partial charge in [0.05, 0.1) is 30.5 Å². The van der Waals surface area contributed by atoms with E-state index in [1.54, 1.807) is 36.6 Å². The fraction of sp³-hybridized carbons (Fsp3) is 0.536. The van der Waals surface area contributed by atoms with Crippen LogP contribution >= 0.6 is 0 Å². The van der Waals surface area contributed by atoms with Crippen molar-refractivity contribution in [1.82, 2.24) is 10.6 Å². The van der Waals surface area contributed by atoms with Crippen molar-refractivity contribution >= 4 is 11.8 Å². The Morgan fingerprint density at radius 3 is 2.60 bits per heavy atom. The van der Waals surface area contributed by atoms with E-state index < -0.39 is 6.10 Å². The monoisotopic (exact) mass is 477 g/mol. The molecule has 2 saturated carbocycles. The molecular weight excluding hydrogens is 442 g/mol. The minimum absolute atomic E-state index is 0.0124. The van der Waals surface area contributed by atoms with Crippen molar-refractivity contribution in [2.75, 3.05) is 0 Å². The number of furan rings is 1. The summed E-state index contributed by atoms with van der Waals surface area (Å²) < 4.78 is 5.30. The van der Waals surface area contributed by atoms with Crippen molar-refractivity contribution < 1.29 is 19.1 Å². The Labute approximate surface area is 206 Å². The summed E-state index contributed by atoms with van der Waals surface area (Å²) in [5.74, 6) is 0.0361. The van der Waals surface area contributed by atoms with E-state index in [0.717, 1.165) is 25.7 Å². The Morgan fingerprint density at radius 2 is 1.94 bits per heavy atom. The van der Waals surface area contributed by atoms with E-state index in [-0.39, 0.29) is 46.9 Å². The van der Waals surface area contributed by atoms with E-state index in [1.807, 2.05) is 13.0 Å². The van der Waals surface area contributed by atoms with Gasteiger partial charge < -0.3 is 20.2 Å². The van der Waals surface area contributed by atoms with Gasteiger partial charge in [-0.1, -0.05) is 20.8 Å². The molecule has 3 N–H and O–H groups in total. The molecule has 1 heterocycles. The lowest BCUT2D eigenvalue weighted by Gasteiger charge is -2.56. The van der Waals surface area contributed by atoms with E-state index in [0.29, 0.717) is 23.4 Å². The van der Waals surface area contributed by atoms with Gasteiger partial charge in [-0.05, 0) is 85.3 Å². The second-order valence-corrected chi connectivity index (χ2v) is 10.6. The number of nitriles is 1. The zero-order chi connectivity index (χ0) is 25.2. The van der Waals surface area contributed by atoms with Crippen molar-refractivity contribution in [2.45, 2.75) is 65.1 Å². The van der Waals surface area contributed by atoms with Crippen LogP contribution in [-0.4, -0.2) is 29.1 Å². The standard InChI is InChI=1S/C28H35N3O4/c1-17(26(33)30-16-21-5-4-14-35-21)22-10-12-28(3)13-11-23(18(2)24(28)25(22)32)31-27(34)20-8-6-19(15-29)7-9-20/h4-9,14,17-18,22-25,32H,10-13,16H2,1-3H3,(H,30,33)(H,31,34)/t17-,18+,22?,23-,24+,25-,28-/m0/s1. The van der Waals surface area contributed by atoms with Gasteiger partial charge in [-0.15, -0.1) is 0 Å². The molecule has 7 nitrogen and oxygen atoms in total. The van der Waals surface area contributed by atoms with Gasteiger partial charge in [0.15, 0.2) is 0 Å². The molecule has 2 fully saturated rings. The van der Waals surface area contributed by atoms with Crippen LogP contribution in [0.5, 0.6) is 0 Å². The third-order valence-electron chi connectivity index (χ3n) is 8.55. The van der Waals surface area contributed by atoms with Crippen LogP contribution in [0.25, 0.3) is 0 Å². The lowest BCUT2D eigenvalue weighted by molar-refractivity contribution is -0.142. The summed E-state index contributed by atoms with van der Waals surface area (Å²) in [5, 5.41) is 26.7. The highest BCUT2D eigenvalue weighted by Crippen LogP contribution is 2.55. The van der Waals surface area contributed by atoms with Crippen LogP contribution in [-0.2, 0) is 11.3 Å². The molecule has 1 aromatic carbocycles. The molecular formula is C28H35N3O4. The number of carbonyl (C=O) groups is 2. The highest BCUT2D eigenvalue weighted by atomic mass is 16.3. The summed E-state index contributed by atoms with van der Waals surface area (Å²) in [6, 6.07) is 12.2. The van der Waals surface area contributed by atoms with Gasteiger partial charge in [-0.25, -0.2) is 0 Å². The maximum atomic E-state index is 12.9. The van der Waals surface area contributed by atoms with Crippen LogP contribution in [0.4, 0.5) is 0 Å². The van der Waals surface area contributed by atoms with Crippen LogP contribution in [0.3, 0.4) is 0 Å². The van der Waals surface area contributed by atoms with Gasteiger partial charge in [0.1, 0.15) is 5.76 Å². The van der Waals surface area contributed by atoms with Gasteiger partial charge in [0.2, 0.25) is 5.91 Å².